The maximum Gasteiger partial charge on any atom is 0.194 e. The van der Waals surface area contributed by atoms with E-state index < -0.39 is 0 Å². The Bertz CT molecular complexity index is 966. The van der Waals surface area contributed by atoms with Crippen molar-refractivity contribution in [1.29, 1.82) is 0 Å². The summed E-state index contributed by atoms with van der Waals surface area (Å²) in [7, 11) is 3.73. The van der Waals surface area contributed by atoms with Gasteiger partial charge in [-0.05, 0) is 23.6 Å². The summed E-state index contributed by atoms with van der Waals surface area (Å²) in [4.78, 5) is 14.2. The van der Waals surface area contributed by atoms with Gasteiger partial charge in [-0.3, -0.25) is 4.99 Å². The van der Waals surface area contributed by atoms with Crippen molar-refractivity contribution in [1.82, 2.24) is 20.2 Å². The van der Waals surface area contributed by atoms with Crippen LogP contribution in [0.2, 0.25) is 0 Å². The summed E-state index contributed by atoms with van der Waals surface area (Å²) >= 11 is 0. The Labute approximate surface area is 164 Å². The maximum atomic E-state index is 14.0. The molecule has 28 heavy (non-hydrogen) atoms. The Morgan fingerprint density at radius 1 is 1.21 bits per heavy atom. The molecule has 144 valence electrons. The molecule has 0 radical (unpaired) electrons. The first-order chi connectivity index (χ1) is 13.7. The highest BCUT2D eigenvalue weighted by atomic mass is 19.1. The number of imidazole rings is 1. The van der Waals surface area contributed by atoms with Gasteiger partial charge in [0.05, 0.1) is 18.4 Å². The molecule has 0 spiro atoms. The molecule has 2 unspecified atom stereocenters. The van der Waals surface area contributed by atoms with Crippen LogP contribution in [0.15, 0.2) is 65.8 Å². The number of H-pyrrole nitrogens is 1. The maximum absolute atomic E-state index is 14.0. The van der Waals surface area contributed by atoms with Gasteiger partial charge in [-0.15, -0.1) is 0 Å². The molecule has 0 bridgehead atoms. The van der Waals surface area contributed by atoms with Gasteiger partial charge in [0.2, 0.25) is 0 Å². The van der Waals surface area contributed by atoms with Crippen molar-refractivity contribution >= 4 is 5.96 Å². The predicted octanol–water partition coefficient (Wildman–Crippen LogP) is 3.78. The van der Waals surface area contributed by atoms with Crippen LogP contribution in [0.5, 0.6) is 0 Å². The summed E-state index contributed by atoms with van der Waals surface area (Å²) in [6.07, 6.45) is 2.76. The fraction of sp³-hybridized carbons (Fsp3) is 0.273. The smallest absolute Gasteiger partial charge is 0.194 e. The zero-order valence-corrected chi connectivity index (χ0v) is 16.1. The fourth-order valence-corrected chi connectivity index (χ4v) is 3.49. The third kappa shape index (κ3) is 3.91. The topological polar surface area (TPSA) is 56.3 Å². The van der Waals surface area contributed by atoms with Gasteiger partial charge < -0.3 is 15.2 Å². The van der Waals surface area contributed by atoms with Crippen LogP contribution in [0.25, 0.3) is 11.3 Å². The molecule has 1 aliphatic rings. The minimum atomic E-state index is -0.135. The molecule has 2 N–H and O–H groups in total. The van der Waals surface area contributed by atoms with Crippen LogP contribution in [0, 0.1) is 5.82 Å². The normalized spacial score (nSPS) is 18.8. The zero-order chi connectivity index (χ0) is 19.5. The Kier molecular flexibility index (Phi) is 5.10. The Morgan fingerprint density at radius 3 is 2.71 bits per heavy atom. The Balaban J connectivity index is 1.37. The van der Waals surface area contributed by atoms with Crippen LogP contribution >= 0.6 is 0 Å². The van der Waals surface area contributed by atoms with E-state index in [0.29, 0.717) is 6.54 Å². The summed E-state index contributed by atoms with van der Waals surface area (Å²) in [6.45, 7) is 0.601. The Hall–Kier alpha value is -3.15. The lowest BCUT2D eigenvalue weighted by Crippen LogP contribution is -2.40. The highest BCUT2D eigenvalue weighted by Crippen LogP contribution is 2.41. The highest BCUT2D eigenvalue weighted by molar-refractivity contribution is 5.80. The summed E-state index contributed by atoms with van der Waals surface area (Å²) in [5.41, 5.74) is 2.88. The van der Waals surface area contributed by atoms with Gasteiger partial charge in [0.1, 0.15) is 11.6 Å². The minimum Gasteiger partial charge on any atom is -0.353 e. The molecule has 1 fully saturated rings. The van der Waals surface area contributed by atoms with E-state index in [0.717, 1.165) is 35.0 Å². The van der Waals surface area contributed by atoms with Crippen molar-refractivity contribution in [3.63, 3.8) is 0 Å². The molecule has 1 heterocycles. The number of aromatic amines is 1. The largest absolute Gasteiger partial charge is 0.353 e. The second kappa shape index (κ2) is 7.84. The Morgan fingerprint density at radius 2 is 1.96 bits per heavy atom. The molecule has 4 rings (SSSR count). The number of benzene rings is 2. The van der Waals surface area contributed by atoms with Crippen LogP contribution in [0.4, 0.5) is 4.39 Å². The molecule has 0 aliphatic heterocycles. The SMILES string of the molecule is CN=C(NC1CC1c1ccccc1F)N(C)Cc1ncc(-c2ccccc2)[nH]1. The van der Waals surface area contributed by atoms with Crippen molar-refractivity contribution in [3.05, 3.63) is 78.0 Å². The number of hydrogen-bond donors (Lipinski definition) is 2. The van der Waals surface area contributed by atoms with Gasteiger partial charge in [0.15, 0.2) is 5.96 Å². The molecule has 0 saturated heterocycles. The lowest BCUT2D eigenvalue weighted by molar-refractivity contribution is 0.462. The predicted molar refractivity (Wildman–Crippen MR) is 110 cm³/mol. The number of nitrogens with zero attached hydrogens (tertiary/aromatic N) is 3. The van der Waals surface area contributed by atoms with E-state index >= 15 is 0 Å². The summed E-state index contributed by atoms with van der Waals surface area (Å²) in [5, 5.41) is 3.44. The van der Waals surface area contributed by atoms with Crippen LogP contribution in [-0.2, 0) is 6.54 Å². The first-order valence-electron chi connectivity index (χ1n) is 9.44. The number of aliphatic imine (C=N–C) groups is 1. The third-order valence-electron chi connectivity index (χ3n) is 5.08. The average Bonchev–Trinajstić information content (AvgIpc) is 3.33. The second-order valence-electron chi connectivity index (χ2n) is 7.13. The van der Waals surface area contributed by atoms with E-state index in [1.165, 1.54) is 6.07 Å². The number of halogens is 1. The summed E-state index contributed by atoms with van der Waals surface area (Å²) in [6, 6.07) is 17.3. The molecule has 1 saturated carbocycles. The number of aromatic nitrogens is 2. The molecule has 2 atom stereocenters. The van der Waals surface area contributed by atoms with Crippen LogP contribution in [0.1, 0.15) is 23.7 Å². The molecular formula is C22H24FN5. The lowest BCUT2D eigenvalue weighted by Gasteiger charge is -2.21. The first kappa shape index (κ1) is 18.2. The standard InChI is InChI=1S/C22H24FN5/c1-24-22(27-19-12-17(19)16-10-6-7-11-18(16)23)28(2)14-21-25-13-20(26-21)15-8-4-3-5-9-15/h3-11,13,17,19H,12,14H2,1-2H3,(H,24,27)(H,25,26). The van der Waals surface area contributed by atoms with Crippen LogP contribution in [-0.4, -0.2) is 41.0 Å². The van der Waals surface area contributed by atoms with Gasteiger partial charge in [0, 0.05) is 26.1 Å². The van der Waals surface area contributed by atoms with Gasteiger partial charge in [-0.1, -0.05) is 48.5 Å². The van der Waals surface area contributed by atoms with Crippen LogP contribution < -0.4 is 5.32 Å². The zero-order valence-electron chi connectivity index (χ0n) is 16.1. The molecule has 5 nitrogen and oxygen atoms in total. The van der Waals surface area contributed by atoms with Crippen LogP contribution in [0.3, 0.4) is 0 Å². The van der Waals surface area contributed by atoms with E-state index in [4.69, 9.17) is 0 Å². The van der Waals surface area contributed by atoms with Crippen molar-refractivity contribution in [2.24, 2.45) is 4.99 Å². The third-order valence-corrected chi connectivity index (χ3v) is 5.08. The van der Waals surface area contributed by atoms with Gasteiger partial charge in [-0.25, -0.2) is 9.37 Å². The van der Waals surface area contributed by atoms with E-state index in [1.807, 2.05) is 48.5 Å². The fourth-order valence-electron chi connectivity index (χ4n) is 3.49. The number of nitrogens with one attached hydrogen (secondary N) is 2. The molecule has 2 aromatic carbocycles. The van der Waals surface area contributed by atoms with Gasteiger partial charge in [-0.2, -0.15) is 0 Å². The number of hydrogen-bond acceptors (Lipinski definition) is 2. The van der Waals surface area contributed by atoms with Crippen molar-refractivity contribution in [3.8, 4) is 11.3 Å². The number of guanidine groups is 1. The van der Waals surface area contributed by atoms with Gasteiger partial charge >= 0.3 is 0 Å². The molecular weight excluding hydrogens is 353 g/mol. The van der Waals surface area contributed by atoms with Crippen molar-refractivity contribution < 1.29 is 4.39 Å². The van der Waals surface area contributed by atoms with E-state index in [1.54, 1.807) is 13.1 Å². The average molecular weight is 377 g/mol. The summed E-state index contributed by atoms with van der Waals surface area (Å²) < 4.78 is 14.0. The van der Waals surface area contributed by atoms with E-state index in [9.17, 15) is 4.39 Å². The monoisotopic (exact) mass is 377 g/mol. The molecule has 3 aromatic rings. The molecule has 6 heteroatoms. The van der Waals surface area contributed by atoms with Crippen molar-refractivity contribution in [2.75, 3.05) is 14.1 Å². The number of rotatable bonds is 5. The van der Waals surface area contributed by atoms with Crippen molar-refractivity contribution in [2.45, 2.75) is 24.9 Å². The van der Waals surface area contributed by atoms with E-state index in [2.05, 4.69) is 32.4 Å². The summed E-state index contributed by atoms with van der Waals surface area (Å²) in [5.74, 6) is 1.70. The highest BCUT2D eigenvalue weighted by Gasteiger charge is 2.40. The molecule has 1 aromatic heterocycles. The minimum absolute atomic E-state index is 0.135. The molecule has 0 amide bonds. The van der Waals surface area contributed by atoms with Gasteiger partial charge in [0.25, 0.3) is 0 Å². The first-order valence-corrected chi connectivity index (χ1v) is 9.44. The molecule has 1 aliphatic carbocycles. The second-order valence-corrected chi connectivity index (χ2v) is 7.13. The lowest BCUT2D eigenvalue weighted by atomic mass is 10.1. The quantitative estimate of drug-likeness (QED) is 0.526. The van der Waals surface area contributed by atoms with E-state index in [-0.39, 0.29) is 17.8 Å².